The first-order chi connectivity index (χ1) is 7.08. The molecule has 0 aliphatic carbocycles. The zero-order valence-electron chi connectivity index (χ0n) is 9.60. The molecule has 1 aliphatic heterocycles. The highest BCUT2D eigenvalue weighted by Crippen LogP contribution is 2.13. The van der Waals surface area contributed by atoms with Gasteiger partial charge in [-0.25, -0.2) is 0 Å². The minimum Gasteiger partial charge on any atom is -0.468 e. The first kappa shape index (κ1) is 12.4. The summed E-state index contributed by atoms with van der Waals surface area (Å²) in [6.07, 6.45) is 0.264. The van der Waals surface area contributed by atoms with Crippen molar-refractivity contribution >= 4 is 5.97 Å². The molecular formula is C10H20N2O3. The third kappa shape index (κ3) is 3.15. The van der Waals surface area contributed by atoms with Crippen LogP contribution in [0.15, 0.2) is 0 Å². The standard InChI is InChI=1S/C10H20N2O3/c1-7-5-12(6-8(2)15-7)9(4-11)10(13)14-3/h7-9H,4-6,11H2,1-3H3/t7-,8?,9?/m1/s1. The number of morpholine rings is 1. The molecule has 1 aliphatic rings. The molecule has 0 spiro atoms. The summed E-state index contributed by atoms with van der Waals surface area (Å²) in [4.78, 5) is 13.5. The van der Waals surface area contributed by atoms with Gasteiger partial charge >= 0.3 is 5.97 Å². The molecule has 88 valence electrons. The van der Waals surface area contributed by atoms with Crippen molar-refractivity contribution in [2.75, 3.05) is 26.7 Å². The summed E-state index contributed by atoms with van der Waals surface area (Å²) in [5, 5.41) is 0. The summed E-state index contributed by atoms with van der Waals surface area (Å²) in [5.74, 6) is -0.265. The number of carbonyl (C=O) groups is 1. The van der Waals surface area contributed by atoms with Gasteiger partial charge in [0, 0.05) is 19.6 Å². The Hall–Kier alpha value is -0.650. The fraction of sp³-hybridized carbons (Fsp3) is 0.900. The second-order valence-corrected chi connectivity index (χ2v) is 3.99. The summed E-state index contributed by atoms with van der Waals surface area (Å²) in [5.41, 5.74) is 5.59. The van der Waals surface area contributed by atoms with Crippen LogP contribution < -0.4 is 5.73 Å². The number of hydrogen-bond donors (Lipinski definition) is 1. The van der Waals surface area contributed by atoms with Gasteiger partial charge in [-0.2, -0.15) is 0 Å². The molecule has 5 heteroatoms. The highest BCUT2D eigenvalue weighted by molar-refractivity contribution is 5.75. The van der Waals surface area contributed by atoms with Crippen molar-refractivity contribution in [3.63, 3.8) is 0 Å². The van der Waals surface area contributed by atoms with Crippen molar-refractivity contribution < 1.29 is 14.3 Å². The van der Waals surface area contributed by atoms with E-state index in [2.05, 4.69) is 0 Å². The van der Waals surface area contributed by atoms with Crippen molar-refractivity contribution in [3.8, 4) is 0 Å². The summed E-state index contributed by atoms with van der Waals surface area (Å²) in [6, 6.07) is -0.344. The van der Waals surface area contributed by atoms with Gasteiger partial charge in [-0.3, -0.25) is 9.69 Å². The van der Waals surface area contributed by atoms with Crippen LogP contribution in [0.25, 0.3) is 0 Å². The number of nitrogens with zero attached hydrogens (tertiary/aromatic N) is 1. The molecule has 0 aromatic carbocycles. The highest BCUT2D eigenvalue weighted by atomic mass is 16.5. The van der Waals surface area contributed by atoms with Crippen LogP contribution in [0.3, 0.4) is 0 Å². The van der Waals surface area contributed by atoms with Crippen molar-refractivity contribution in [2.45, 2.75) is 32.1 Å². The molecule has 1 fully saturated rings. The number of esters is 1. The number of nitrogens with two attached hydrogens (primary N) is 1. The third-order valence-electron chi connectivity index (χ3n) is 2.59. The molecule has 2 unspecified atom stereocenters. The molecule has 5 nitrogen and oxygen atoms in total. The summed E-state index contributed by atoms with van der Waals surface area (Å²) in [7, 11) is 1.39. The lowest BCUT2D eigenvalue weighted by Gasteiger charge is -2.38. The second-order valence-electron chi connectivity index (χ2n) is 3.99. The zero-order valence-corrected chi connectivity index (χ0v) is 9.60. The Labute approximate surface area is 90.5 Å². The fourth-order valence-corrected chi connectivity index (χ4v) is 2.00. The van der Waals surface area contributed by atoms with Crippen LogP contribution in [0, 0.1) is 0 Å². The largest absolute Gasteiger partial charge is 0.468 e. The molecular weight excluding hydrogens is 196 g/mol. The lowest BCUT2D eigenvalue weighted by Crippen LogP contribution is -2.55. The van der Waals surface area contributed by atoms with E-state index in [9.17, 15) is 4.79 Å². The lowest BCUT2D eigenvalue weighted by molar-refractivity contribution is -0.151. The summed E-state index contributed by atoms with van der Waals surface area (Å²) in [6.45, 7) is 5.72. The SMILES string of the molecule is COC(=O)C(CN)N1CC(C)O[C@H](C)C1. The molecule has 3 atom stereocenters. The molecule has 2 N–H and O–H groups in total. The van der Waals surface area contributed by atoms with E-state index in [1.165, 1.54) is 7.11 Å². The number of ether oxygens (including phenoxy) is 2. The molecule has 0 aromatic rings. The number of methoxy groups -OCH3 is 1. The molecule has 0 bridgehead atoms. The average molecular weight is 216 g/mol. The summed E-state index contributed by atoms with van der Waals surface area (Å²) < 4.78 is 10.3. The molecule has 0 amide bonds. The normalized spacial score (nSPS) is 29.9. The van der Waals surface area contributed by atoms with Crippen LogP contribution in [0.2, 0.25) is 0 Å². The van der Waals surface area contributed by atoms with Crippen LogP contribution in [-0.4, -0.2) is 55.9 Å². The maximum absolute atomic E-state index is 11.5. The monoisotopic (exact) mass is 216 g/mol. The van der Waals surface area contributed by atoms with Gasteiger partial charge in [-0.1, -0.05) is 0 Å². The van der Waals surface area contributed by atoms with Crippen molar-refractivity contribution in [2.24, 2.45) is 5.73 Å². The minimum atomic E-state index is -0.344. The van der Waals surface area contributed by atoms with Crippen LogP contribution in [-0.2, 0) is 14.3 Å². The Morgan fingerprint density at radius 3 is 2.47 bits per heavy atom. The van der Waals surface area contributed by atoms with E-state index < -0.39 is 0 Å². The van der Waals surface area contributed by atoms with Crippen molar-refractivity contribution in [1.82, 2.24) is 4.90 Å². The molecule has 1 heterocycles. The third-order valence-corrected chi connectivity index (χ3v) is 2.59. The van der Waals surface area contributed by atoms with Gasteiger partial charge in [0.15, 0.2) is 0 Å². The van der Waals surface area contributed by atoms with E-state index >= 15 is 0 Å². The quantitative estimate of drug-likeness (QED) is 0.650. The molecule has 15 heavy (non-hydrogen) atoms. The Balaban J connectivity index is 2.63. The van der Waals surface area contributed by atoms with Gasteiger partial charge in [-0.05, 0) is 13.8 Å². The van der Waals surface area contributed by atoms with E-state index in [1.54, 1.807) is 0 Å². The van der Waals surface area contributed by atoms with E-state index in [-0.39, 0.29) is 30.8 Å². The Bertz CT molecular complexity index is 213. The van der Waals surface area contributed by atoms with Crippen LogP contribution in [0.1, 0.15) is 13.8 Å². The number of carbonyl (C=O) groups excluding carboxylic acids is 1. The van der Waals surface area contributed by atoms with E-state index in [4.69, 9.17) is 15.2 Å². The van der Waals surface area contributed by atoms with Crippen LogP contribution in [0.5, 0.6) is 0 Å². The van der Waals surface area contributed by atoms with E-state index in [0.717, 1.165) is 13.1 Å². The molecule has 1 rings (SSSR count). The Kier molecular flexibility index (Phi) is 4.50. The molecule has 0 aromatic heterocycles. The maximum atomic E-state index is 11.5. The van der Waals surface area contributed by atoms with Crippen LogP contribution in [0.4, 0.5) is 0 Å². The zero-order chi connectivity index (χ0) is 11.4. The second kappa shape index (κ2) is 5.44. The van der Waals surface area contributed by atoms with Gasteiger partial charge in [0.25, 0.3) is 0 Å². The smallest absolute Gasteiger partial charge is 0.324 e. The Morgan fingerprint density at radius 2 is 2.07 bits per heavy atom. The van der Waals surface area contributed by atoms with Gasteiger partial charge in [0.05, 0.1) is 19.3 Å². The minimum absolute atomic E-state index is 0.132. The average Bonchev–Trinajstić information content (AvgIpc) is 2.17. The first-order valence-corrected chi connectivity index (χ1v) is 5.25. The Morgan fingerprint density at radius 1 is 1.53 bits per heavy atom. The molecule has 0 radical (unpaired) electrons. The van der Waals surface area contributed by atoms with Crippen molar-refractivity contribution in [1.29, 1.82) is 0 Å². The van der Waals surface area contributed by atoms with Gasteiger partial charge in [0.1, 0.15) is 6.04 Å². The maximum Gasteiger partial charge on any atom is 0.324 e. The van der Waals surface area contributed by atoms with Gasteiger partial charge in [-0.15, -0.1) is 0 Å². The molecule has 1 saturated heterocycles. The fourth-order valence-electron chi connectivity index (χ4n) is 2.00. The van der Waals surface area contributed by atoms with E-state index in [0.29, 0.717) is 0 Å². The first-order valence-electron chi connectivity index (χ1n) is 5.25. The molecule has 0 saturated carbocycles. The topological polar surface area (TPSA) is 64.8 Å². The van der Waals surface area contributed by atoms with Gasteiger partial charge in [0.2, 0.25) is 0 Å². The van der Waals surface area contributed by atoms with Gasteiger partial charge < -0.3 is 15.2 Å². The summed E-state index contributed by atoms with van der Waals surface area (Å²) >= 11 is 0. The predicted octanol–water partition coefficient (Wildman–Crippen LogP) is -0.404. The van der Waals surface area contributed by atoms with Crippen molar-refractivity contribution in [3.05, 3.63) is 0 Å². The number of hydrogen-bond acceptors (Lipinski definition) is 5. The lowest BCUT2D eigenvalue weighted by atomic mass is 10.1. The van der Waals surface area contributed by atoms with Crippen LogP contribution >= 0.6 is 0 Å². The van der Waals surface area contributed by atoms with E-state index in [1.807, 2.05) is 18.7 Å². The number of rotatable bonds is 3. The predicted molar refractivity (Wildman–Crippen MR) is 56.4 cm³/mol. The highest BCUT2D eigenvalue weighted by Gasteiger charge is 2.31.